The zero-order chi connectivity index (χ0) is 27.6. The molecule has 1 nitrogen and oxygen atoms in total. The van der Waals surface area contributed by atoms with E-state index in [0.717, 1.165) is 37.7 Å². The maximum absolute atomic E-state index is 15.1. The van der Waals surface area contributed by atoms with Crippen molar-refractivity contribution in [3.63, 3.8) is 0 Å². The molecule has 1 aliphatic heterocycles. The molecule has 2 atom stereocenters. The van der Waals surface area contributed by atoms with Gasteiger partial charge < -0.3 is 4.74 Å². The second-order valence-corrected chi connectivity index (χ2v) is 10.8. The third kappa shape index (κ3) is 7.63. The van der Waals surface area contributed by atoms with Crippen LogP contribution in [-0.4, -0.2) is 6.61 Å². The maximum Gasteiger partial charge on any atom is 0.166 e. The first kappa shape index (κ1) is 29.1. The number of allylic oxidation sites excluding steroid dienone is 1. The zero-order valence-corrected chi connectivity index (χ0v) is 23.3. The van der Waals surface area contributed by atoms with Gasteiger partial charge in [-0.2, -0.15) is 0 Å². The minimum Gasteiger partial charge on any atom is -0.373 e. The highest BCUT2D eigenvalue weighted by atomic mass is 19.2. The fourth-order valence-corrected chi connectivity index (χ4v) is 5.53. The van der Waals surface area contributed by atoms with Gasteiger partial charge in [0, 0.05) is 17.0 Å². The number of unbranched alkanes of at least 4 members (excludes halogenated alkanes) is 6. The summed E-state index contributed by atoms with van der Waals surface area (Å²) in [6.07, 6.45) is 14.5. The van der Waals surface area contributed by atoms with Gasteiger partial charge in [0.05, 0.1) is 12.7 Å². The molecule has 2 unspecified atom stereocenters. The Kier molecular flexibility index (Phi) is 10.8. The van der Waals surface area contributed by atoms with Crippen molar-refractivity contribution in [1.82, 2.24) is 0 Å². The van der Waals surface area contributed by atoms with Crippen molar-refractivity contribution < 1.29 is 17.9 Å². The van der Waals surface area contributed by atoms with Gasteiger partial charge in [-0.3, -0.25) is 0 Å². The van der Waals surface area contributed by atoms with E-state index in [1.165, 1.54) is 25.7 Å². The lowest BCUT2D eigenvalue weighted by Gasteiger charge is -2.28. The molecule has 4 rings (SSSR count). The Morgan fingerprint density at radius 1 is 0.769 bits per heavy atom. The Bertz CT molecular complexity index is 1220. The van der Waals surface area contributed by atoms with Crippen molar-refractivity contribution in [3.8, 4) is 22.3 Å². The summed E-state index contributed by atoms with van der Waals surface area (Å²) in [5, 5.41) is 0. The lowest BCUT2D eigenvalue weighted by molar-refractivity contribution is -0.00538. The Labute approximate surface area is 232 Å². The molecule has 1 heterocycles. The average molecular weight is 535 g/mol. The number of ether oxygens (including phenoxy) is 1. The van der Waals surface area contributed by atoms with Gasteiger partial charge in [-0.05, 0) is 60.9 Å². The number of rotatable bonds is 12. The molecule has 3 aromatic carbocycles. The molecule has 0 N–H and O–H groups in total. The highest BCUT2D eigenvalue weighted by molar-refractivity contribution is 5.71. The van der Waals surface area contributed by atoms with Crippen LogP contribution in [0.15, 0.2) is 66.7 Å². The zero-order valence-electron chi connectivity index (χ0n) is 23.3. The van der Waals surface area contributed by atoms with Crippen molar-refractivity contribution in [3.05, 3.63) is 95.3 Å². The van der Waals surface area contributed by atoms with E-state index in [1.54, 1.807) is 48.5 Å². The predicted molar refractivity (Wildman–Crippen MR) is 155 cm³/mol. The normalized spacial score (nSPS) is 17.7. The Hall–Kier alpha value is -2.85. The minimum atomic E-state index is -0.817. The SMILES string of the molecule is CC=CC1CCC(c2ccc(-c3ccc(-c4ccc(CCCCCCCCC)c(F)c4F)cc3)c(F)c2)OC1. The van der Waals surface area contributed by atoms with Crippen LogP contribution in [0, 0.1) is 23.4 Å². The van der Waals surface area contributed by atoms with Crippen LogP contribution < -0.4 is 0 Å². The smallest absolute Gasteiger partial charge is 0.166 e. The van der Waals surface area contributed by atoms with E-state index in [9.17, 15) is 8.78 Å². The van der Waals surface area contributed by atoms with Gasteiger partial charge in [0.2, 0.25) is 0 Å². The van der Waals surface area contributed by atoms with E-state index >= 15 is 4.39 Å². The van der Waals surface area contributed by atoms with Crippen molar-refractivity contribution in [2.24, 2.45) is 5.92 Å². The number of benzene rings is 3. The predicted octanol–water partition coefficient (Wildman–Crippen LogP) is 10.8. The summed E-state index contributed by atoms with van der Waals surface area (Å²) in [6.45, 7) is 4.86. The second-order valence-electron chi connectivity index (χ2n) is 10.8. The van der Waals surface area contributed by atoms with Gasteiger partial charge in [-0.15, -0.1) is 0 Å². The van der Waals surface area contributed by atoms with E-state index in [2.05, 4.69) is 13.0 Å². The maximum atomic E-state index is 15.1. The lowest BCUT2D eigenvalue weighted by atomic mass is 9.93. The molecule has 0 bridgehead atoms. The first-order chi connectivity index (χ1) is 19.0. The van der Waals surface area contributed by atoms with Gasteiger partial charge >= 0.3 is 0 Å². The van der Waals surface area contributed by atoms with Gasteiger partial charge in [-0.1, -0.05) is 106 Å². The van der Waals surface area contributed by atoms with Crippen LogP contribution >= 0.6 is 0 Å². The summed E-state index contributed by atoms with van der Waals surface area (Å²) in [7, 11) is 0. The lowest BCUT2D eigenvalue weighted by Crippen LogP contribution is -2.19. The molecule has 0 aliphatic carbocycles. The molecule has 0 amide bonds. The molecular formula is C35H41F3O. The summed E-state index contributed by atoms with van der Waals surface area (Å²) >= 11 is 0. The monoisotopic (exact) mass is 534 g/mol. The summed E-state index contributed by atoms with van der Waals surface area (Å²) in [5.74, 6) is -1.46. The van der Waals surface area contributed by atoms with Crippen LogP contribution in [0.25, 0.3) is 22.3 Å². The van der Waals surface area contributed by atoms with Crippen LogP contribution in [0.5, 0.6) is 0 Å². The Morgan fingerprint density at radius 3 is 2.08 bits per heavy atom. The molecule has 4 heteroatoms. The van der Waals surface area contributed by atoms with E-state index in [-0.39, 0.29) is 17.5 Å². The first-order valence-corrected chi connectivity index (χ1v) is 14.6. The topological polar surface area (TPSA) is 9.23 Å². The van der Waals surface area contributed by atoms with Gasteiger partial charge in [-0.25, -0.2) is 13.2 Å². The van der Waals surface area contributed by atoms with Gasteiger partial charge in [0.15, 0.2) is 11.6 Å². The molecular weight excluding hydrogens is 493 g/mol. The number of halogens is 3. The third-order valence-electron chi connectivity index (χ3n) is 7.86. The Balaban J connectivity index is 1.39. The average Bonchev–Trinajstić information content (AvgIpc) is 2.95. The number of aryl methyl sites for hydroxylation is 1. The fraction of sp³-hybridized carbons (Fsp3) is 0.429. The Morgan fingerprint density at radius 2 is 1.44 bits per heavy atom. The third-order valence-corrected chi connectivity index (χ3v) is 7.86. The molecule has 1 saturated heterocycles. The molecule has 1 aliphatic rings. The molecule has 39 heavy (non-hydrogen) atoms. The standard InChI is InChI=1S/C35H41F3O/c1-3-5-6-7-8-9-10-12-28-18-21-31(35(38)34(28)37)27-16-14-26(15-17-27)30-20-19-29(23-32(30)36)33-22-13-25(11-4-2)24-39-33/h4,11,14-21,23,25,33H,3,5-10,12-13,22,24H2,1-2H3. The van der Waals surface area contributed by atoms with Crippen LogP contribution in [0.4, 0.5) is 13.2 Å². The highest BCUT2D eigenvalue weighted by Crippen LogP contribution is 2.35. The molecule has 0 radical (unpaired) electrons. The number of hydrogen-bond acceptors (Lipinski definition) is 1. The summed E-state index contributed by atoms with van der Waals surface area (Å²) < 4.78 is 50.9. The van der Waals surface area contributed by atoms with Crippen LogP contribution in [0.1, 0.15) is 88.9 Å². The van der Waals surface area contributed by atoms with Gasteiger partial charge in [0.1, 0.15) is 5.82 Å². The molecule has 0 spiro atoms. The first-order valence-electron chi connectivity index (χ1n) is 14.6. The fourth-order valence-electron chi connectivity index (χ4n) is 5.53. The molecule has 208 valence electrons. The quantitative estimate of drug-likeness (QED) is 0.166. The summed E-state index contributed by atoms with van der Waals surface area (Å²) in [5.41, 5.74) is 3.25. The van der Waals surface area contributed by atoms with E-state index in [4.69, 9.17) is 4.74 Å². The van der Waals surface area contributed by atoms with E-state index in [0.29, 0.717) is 41.2 Å². The summed E-state index contributed by atoms with van der Waals surface area (Å²) in [6, 6.07) is 15.6. The van der Waals surface area contributed by atoms with E-state index in [1.807, 2.05) is 19.1 Å². The molecule has 0 aromatic heterocycles. The summed E-state index contributed by atoms with van der Waals surface area (Å²) in [4.78, 5) is 0. The van der Waals surface area contributed by atoms with Crippen molar-refractivity contribution in [2.45, 2.75) is 84.2 Å². The van der Waals surface area contributed by atoms with Crippen LogP contribution in [-0.2, 0) is 11.2 Å². The van der Waals surface area contributed by atoms with Gasteiger partial charge in [0.25, 0.3) is 0 Å². The van der Waals surface area contributed by atoms with Crippen LogP contribution in [0.3, 0.4) is 0 Å². The molecule has 1 fully saturated rings. The minimum absolute atomic E-state index is 0.0935. The van der Waals surface area contributed by atoms with Crippen molar-refractivity contribution in [2.75, 3.05) is 6.61 Å². The largest absolute Gasteiger partial charge is 0.373 e. The molecule has 3 aromatic rings. The van der Waals surface area contributed by atoms with E-state index < -0.39 is 11.6 Å². The van der Waals surface area contributed by atoms with Crippen molar-refractivity contribution >= 4 is 0 Å². The second kappa shape index (κ2) is 14.5. The molecule has 0 saturated carbocycles. The van der Waals surface area contributed by atoms with Crippen LogP contribution in [0.2, 0.25) is 0 Å². The number of hydrogen-bond donors (Lipinski definition) is 0. The highest BCUT2D eigenvalue weighted by Gasteiger charge is 2.22. The van der Waals surface area contributed by atoms with Crippen molar-refractivity contribution in [1.29, 1.82) is 0 Å².